The molecule has 0 atom stereocenters. The third-order valence-electron chi connectivity index (χ3n) is 2.62. The Morgan fingerprint density at radius 3 is 2.78 bits per heavy atom. The van der Waals surface area contributed by atoms with Gasteiger partial charge in [0.1, 0.15) is 0 Å². The smallest absolute Gasteiger partial charge is 0.273 e. The summed E-state index contributed by atoms with van der Waals surface area (Å²) in [7, 11) is 1.91. The molecule has 1 aromatic carbocycles. The Balaban J connectivity index is 2.81. The van der Waals surface area contributed by atoms with Gasteiger partial charge < -0.3 is 9.64 Å². The molecule has 0 N–H and O–H groups in total. The number of halogens is 1. The molecule has 0 saturated carbocycles. The number of hydrogen-bond acceptors (Lipinski definition) is 4. The van der Waals surface area contributed by atoms with Crippen LogP contribution < -0.4 is 4.90 Å². The average Bonchev–Trinajstić information content (AvgIpc) is 2.37. The fourth-order valence-electron chi connectivity index (χ4n) is 1.57. The number of benzene rings is 1. The number of rotatable bonds is 7. The van der Waals surface area contributed by atoms with Gasteiger partial charge in [0, 0.05) is 37.5 Å². The van der Waals surface area contributed by atoms with E-state index in [-0.39, 0.29) is 11.6 Å². The molecule has 100 valence electrons. The second kappa shape index (κ2) is 7.18. The summed E-state index contributed by atoms with van der Waals surface area (Å²) in [5.74, 6) is 0.128. The van der Waals surface area contributed by atoms with Crippen LogP contribution in [0.25, 0.3) is 0 Å². The van der Waals surface area contributed by atoms with Crippen molar-refractivity contribution in [3.05, 3.63) is 33.9 Å². The van der Waals surface area contributed by atoms with Crippen molar-refractivity contribution < 1.29 is 9.66 Å². The SMILES string of the molecule is CCOCCN(C)c1ccc([N+](=O)[O-])c(CCl)c1. The van der Waals surface area contributed by atoms with Crippen molar-refractivity contribution in [3.63, 3.8) is 0 Å². The highest BCUT2D eigenvalue weighted by atomic mass is 35.5. The van der Waals surface area contributed by atoms with Crippen LogP contribution in [0.2, 0.25) is 0 Å². The Kier molecular flexibility index (Phi) is 5.88. The molecule has 5 nitrogen and oxygen atoms in total. The van der Waals surface area contributed by atoms with E-state index in [0.717, 1.165) is 12.2 Å². The Morgan fingerprint density at radius 2 is 2.22 bits per heavy atom. The number of hydrogen-bond donors (Lipinski definition) is 0. The summed E-state index contributed by atoms with van der Waals surface area (Å²) in [6, 6.07) is 4.96. The van der Waals surface area contributed by atoms with Crippen LogP contribution in [0, 0.1) is 10.1 Å². The van der Waals surface area contributed by atoms with E-state index in [1.807, 2.05) is 18.9 Å². The van der Waals surface area contributed by atoms with E-state index in [2.05, 4.69) is 0 Å². The second-order valence-corrected chi connectivity index (χ2v) is 4.09. The summed E-state index contributed by atoms with van der Waals surface area (Å²) in [5, 5.41) is 10.8. The lowest BCUT2D eigenvalue weighted by Gasteiger charge is -2.19. The summed E-state index contributed by atoms with van der Waals surface area (Å²) in [4.78, 5) is 12.4. The van der Waals surface area contributed by atoms with E-state index in [9.17, 15) is 10.1 Å². The lowest BCUT2D eigenvalue weighted by Crippen LogP contribution is -2.22. The predicted molar refractivity (Wildman–Crippen MR) is 72.4 cm³/mol. The van der Waals surface area contributed by atoms with Crippen LogP contribution in [-0.4, -0.2) is 31.7 Å². The molecule has 0 spiro atoms. The van der Waals surface area contributed by atoms with Crippen molar-refractivity contribution in [1.29, 1.82) is 0 Å². The number of nitrogens with zero attached hydrogens (tertiary/aromatic N) is 2. The molecule has 0 aromatic heterocycles. The summed E-state index contributed by atoms with van der Waals surface area (Å²) in [5.41, 5.74) is 1.49. The van der Waals surface area contributed by atoms with Crippen LogP contribution in [0.3, 0.4) is 0 Å². The molecule has 0 aliphatic rings. The quantitative estimate of drug-likeness (QED) is 0.331. The maximum Gasteiger partial charge on any atom is 0.273 e. The summed E-state index contributed by atoms with van der Waals surface area (Å²) in [6.07, 6.45) is 0. The van der Waals surface area contributed by atoms with Gasteiger partial charge in [-0.3, -0.25) is 10.1 Å². The number of anilines is 1. The molecule has 0 heterocycles. The largest absolute Gasteiger partial charge is 0.380 e. The van der Waals surface area contributed by atoms with Crippen molar-refractivity contribution in [1.82, 2.24) is 0 Å². The molecule has 6 heteroatoms. The number of nitro benzene ring substituents is 1. The van der Waals surface area contributed by atoms with Gasteiger partial charge in [-0.05, 0) is 19.1 Å². The van der Waals surface area contributed by atoms with Gasteiger partial charge in [0.25, 0.3) is 5.69 Å². The molecule has 0 fully saturated rings. The van der Waals surface area contributed by atoms with E-state index in [1.165, 1.54) is 6.07 Å². The third-order valence-corrected chi connectivity index (χ3v) is 2.91. The first-order valence-corrected chi connectivity index (χ1v) is 6.25. The molecule has 0 saturated heterocycles. The molecule has 0 radical (unpaired) electrons. The van der Waals surface area contributed by atoms with Crippen molar-refractivity contribution >= 4 is 23.0 Å². The Bertz CT molecular complexity index is 412. The molecule has 1 aromatic rings. The van der Waals surface area contributed by atoms with Gasteiger partial charge in [0.05, 0.1) is 17.4 Å². The lowest BCUT2D eigenvalue weighted by atomic mass is 10.1. The van der Waals surface area contributed by atoms with Crippen molar-refractivity contribution in [3.8, 4) is 0 Å². The number of ether oxygens (including phenoxy) is 1. The second-order valence-electron chi connectivity index (χ2n) is 3.82. The minimum atomic E-state index is -0.415. The zero-order valence-electron chi connectivity index (χ0n) is 10.6. The van der Waals surface area contributed by atoms with Crippen LogP contribution in [0.5, 0.6) is 0 Å². The van der Waals surface area contributed by atoms with Crippen molar-refractivity contribution in [2.24, 2.45) is 0 Å². The monoisotopic (exact) mass is 272 g/mol. The zero-order chi connectivity index (χ0) is 13.5. The van der Waals surface area contributed by atoms with Crippen molar-refractivity contribution in [2.75, 3.05) is 31.7 Å². The molecule has 0 bridgehead atoms. The summed E-state index contributed by atoms with van der Waals surface area (Å²) >= 11 is 5.73. The Morgan fingerprint density at radius 1 is 1.50 bits per heavy atom. The van der Waals surface area contributed by atoms with Crippen LogP contribution in [-0.2, 0) is 10.6 Å². The normalized spacial score (nSPS) is 10.4. The van der Waals surface area contributed by atoms with Gasteiger partial charge in [-0.15, -0.1) is 11.6 Å². The highest BCUT2D eigenvalue weighted by Crippen LogP contribution is 2.25. The van der Waals surface area contributed by atoms with Crippen LogP contribution in [0.4, 0.5) is 11.4 Å². The highest BCUT2D eigenvalue weighted by molar-refractivity contribution is 6.17. The number of nitro groups is 1. The fourth-order valence-corrected chi connectivity index (χ4v) is 1.78. The standard InChI is InChI=1S/C12H17ClN2O3/c1-3-18-7-6-14(2)11-4-5-12(15(16)17)10(8-11)9-13/h4-5,8H,3,6-7,9H2,1-2H3. The van der Waals surface area contributed by atoms with Gasteiger partial charge in [-0.1, -0.05) is 0 Å². The first kappa shape index (κ1) is 14.7. The molecule has 0 amide bonds. The van der Waals surface area contributed by atoms with Crippen LogP contribution >= 0.6 is 11.6 Å². The molecule has 18 heavy (non-hydrogen) atoms. The molecule has 0 aliphatic carbocycles. The molecule has 0 aliphatic heterocycles. The number of likely N-dealkylation sites (N-methyl/N-ethyl adjacent to an activating group) is 1. The maximum atomic E-state index is 10.8. The van der Waals surface area contributed by atoms with Gasteiger partial charge in [0.15, 0.2) is 0 Å². The molecular formula is C12H17ClN2O3. The third kappa shape index (κ3) is 3.85. The van der Waals surface area contributed by atoms with E-state index in [1.54, 1.807) is 12.1 Å². The Hall–Kier alpha value is -1.33. The first-order valence-electron chi connectivity index (χ1n) is 5.72. The van der Waals surface area contributed by atoms with Crippen LogP contribution in [0.15, 0.2) is 18.2 Å². The molecular weight excluding hydrogens is 256 g/mol. The van der Waals surface area contributed by atoms with Gasteiger partial charge in [0.2, 0.25) is 0 Å². The van der Waals surface area contributed by atoms with Gasteiger partial charge >= 0.3 is 0 Å². The maximum absolute atomic E-state index is 10.8. The highest BCUT2D eigenvalue weighted by Gasteiger charge is 2.14. The van der Waals surface area contributed by atoms with E-state index >= 15 is 0 Å². The minimum Gasteiger partial charge on any atom is -0.380 e. The van der Waals surface area contributed by atoms with Crippen molar-refractivity contribution in [2.45, 2.75) is 12.8 Å². The summed E-state index contributed by atoms with van der Waals surface area (Å²) < 4.78 is 5.27. The molecule has 1 rings (SSSR count). The minimum absolute atomic E-state index is 0.0620. The zero-order valence-corrected chi connectivity index (χ0v) is 11.3. The van der Waals surface area contributed by atoms with Crippen LogP contribution in [0.1, 0.15) is 12.5 Å². The topological polar surface area (TPSA) is 55.6 Å². The van der Waals surface area contributed by atoms with E-state index < -0.39 is 4.92 Å². The number of alkyl halides is 1. The summed E-state index contributed by atoms with van der Waals surface area (Å²) in [6.45, 7) is 3.98. The molecule has 0 unspecified atom stereocenters. The lowest BCUT2D eigenvalue weighted by molar-refractivity contribution is -0.385. The average molecular weight is 273 g/mol. The van der Waals surface area contributed by atoms with Gasteiger partial charge in [-0.2, -0.15) is 0 Å². The van der Waals surface area contributed by atoms with E-state index in [0.29, 0.717) is 18.8 Å². The van der Waals surface area contributed by atoms with E-state index in [4.69, 9.17) is 16.3 Å². The van der Waals surface area contributed by atoms with Gasteiger partial charge in [-0.25, -0.2) is 0 Å². The predicted octanol–water partition coefficient (Wildman–Crippen LogP) is 2.81. The first-order chi connectivity index (χ1) is 8.60. The Labute approximate surface area is 111 Å². The fraction of sp³-hybridized carbons (Fsp3) is 0.500.